The average molecular weight is 462 g/mol. The number of aromatic nitrogens is 1. The van der Waals surface area contributed by atoms with E-state index >= 15 is 0 Å². The van der Waals surface area contributed by atoms with Crippen molar-refractivity contribution in [1.82, 2.24) is 4.98 Å². The molecule has 6 nitrogen and oxygen atoms in total. The first kappa shape index (κ1) is 20.7. The predicted molar refractivity (Wildman–Crippen MR) is 120 cm³/mol. The summed E-state index contributed by atoms with van der Waals surface area (Å²) in [6.07, 6.45) is 3.92. The predicted octanol–water partition coefficient (Wildman–Crippen LogP) is 4.85. The van der Waals surface area contributed by atoms with Crippen LogP contribution in [0.2, 0.25) is 10.0 Å². The van der Waals surface area contributed by atoms with Crippen LogP contribution in [0, 0.1) is 0 Å². The topological polar surface area (TPSA) is 79.4 Å². The maximum absolute atomic E-state index is 12.9. The summed E-state index contributed by atoms with van der Waals surface area (Å²) in [7, 11) is -3.36. The number of sulfonamides is 1. The third-order valence-electron chi connectivity index (χ3n) is 4.73. The number of nitrogens with one attached hydrogen (secondary N) is 1. The van der Waals surface area contributed by atoms with Crippen LogP contribution in [0.5, 0.6) is 0 Å². The van der Waals surface area contributed by atoms with Gasteiger partial charge in [0.15, 0.2) is 0 Å². The van der Waals surface area contributed by atoms with Crippen LogP contribution in [0.25, 0.3) is 11.1 Å². The second-order valence-corrected chi connectivity index (χ2v) is 9.69. The van der Waals surface area contributed by atoms with E-state index in [1.165, 1.54) is 16.4 Å². The summed E-state index contributed by atoms with van der Waals surface area (Å²) < 4.78 is 25.7. The molecule has 4 rings (SSSR count). The molecule has 1 aliphatic heterocycles. The Balaban J connectivity index is 1.63. The van der Waals surface area contributed by atoms with Crippen molar-refractivity contribution in [2.24, 2.45) is 0 Å². The van der Waals surface area contributed by atoms with Crippen molar-refractivity contribution in [1.29, 1.82) is 0 Å². The molecule has 0 atom stereocenters. The van der Waals surface area contributed by atoms with E-state index in [-0.39, 0.29) is 16.3 Å². The zero-order valence-corrected chi connectivity index (χ0v) is 18.0. The summed E-state index contributed by atoms with van der Waals surface area (Å²) in [6, 6.07) is 13.5. The summed E-state index contributed by atoms with van der Waals surface area (Å²) in [4.78, 5) is 17.0. The van der Waals surface area contributed by atoms with Gasteiger partial charge in [-0.3, -0.25) is 14.1 Å². The lowest BCUT2D eigenvalue weighted by Gasteiger charge is -2.18. The number of hydrogen-bond donors (Lipinski definition) is 1. The number of halogens is 2. The number of amides is 1. The zero-order valence-electron chi connectivity index (χ0n) is 15.7. The van der Waals surface area contributed by atoms with Gasteiger partial charge in [-0.15, -0.1) is 0 Å². The van der Waals surface area contributed by atoms with Gasteiger partial charge in [0, 0.05) is 35.2 Å². The Morgan fingerprint density at radius 3 is 2.60 bits per heavy atom. The fourth-order valence-electron chi connectivity index (χ4n) is 3.33. The standard InChI is InChI=1S/C21H17Cl2N3O3S/c22-16-9-15(14-3-1-6-24-13-14)10-17(11-16)25-21(27)19-12-18(4-5-20(19)23)26-7-2-8-30(26,28)29/h1,3-6,9-13H,2,7-8H2,(H,25,27). The number of carbonyl (C=O) groups is 1. The molecule has 1 aromatic heterocycles. The second-order valence-electron chi connectivity index (χ2n) is 6.83. The molecule has 9 heteroatoms. The van der Waals surface area contributed by atoms with Gasteiger partial charge in [0.1, 0.15) is 0 Å². The molecular weight excluding hydrogens is 445 g/mol. The van der Waals surface area contributed by atoms with Gasteiger partial charge >= 0.3 is 0 Å². The lowest BCUT2D eigenvalue weighted by molar-refractivity contribution is 0.102. The first-order chi connectivity index (χ1) is 14.3. The SMILES string of the molecule is O=C(Nc1cc(Cl)cc(-c2cccnc2)c1)c1cc(N2CCCS2(=O)=O)ccc1Cl. The fourth-order valence-corrected chi connectivity index (χ4v) is 5.33. The molecule has 1 N–H and O–H groups in total. The van der Waals surface area contributed by atoms with Gasteiger partial charge in [0.05, 0.1) is 22.0 Å². The van der Waals surface area contributed by atoms with E-state index in [9.17, 15) is 13.2 Å². The highest BCUT2D eigenvalue weighted by atomic mass is 35.5. The van der Waals surface area contributed by atoms with Crippen LogP contribution in [0.15, 0.2) is 60.9 Å². The Hall–Kier alpha value is -2.61. The van der Waals surface area contributed by atoms with Gasteiger partial charge in [-0.05, 0) is 54.4 Å². The largest absolute Gasteiger partial charge is 0.322 e. The first-order valence-electron chi connectivity index (χ1n) is 9.16. The minimum Gasteiger partial charge on any atom is -0.322 e. The van der Waals surface area contributed by atoms with E-state index in [0.29, 0.717) is 29.4 Å². The Morgan fingerprint density at radius 1 is 1.07 bits per heavy atom. The van der Waals surface area contributed by atoms with Crippen LogP contribution < -0.4 is 9.62 Å². The number of carbonyl (C=O) groups excluding carboxylic acids is 1. The van der Waals surface area contributed by atoms with E-state index in [0.717, 1.165) is 11.1 Å². The van der Waals surface area contributed by atoms with E-state index in [4.69, 9.17) is 23.2 Å². The highest BCUT2D eigenvalue weighted by Crippen LogP contribution is 2.30. The van der Waals surface area contributed by atoms with Gasteiger partial charge in [0.25, 0.3) is 5.91 Å². The maximum atomic E-state index is 12.9. The quantitative estimate of drug-likeness (QED) is 0.602. The Morgan fingerprint density at radius 2 is 1.90 bits per heavy atom. The van der Waals surface area contributed by atoms with Crippen LogP contribution in [-0.4, -0.2) is 31.6 Å². The molecule has 2 aromatic carbocycles. The third kappa shape index (κ3) is 4.28. The molecule has 0 radical (unpaired) electrons. The monoisotopic (exact) mass is 461 g/mol. The Kier molecular flexibility index (Phi) is 5.69. The van der Waals surface area contributed by atoms with Crippen LogP contribution in [0.1, 0.15) is 16.8 Å². The van der Waals surface area contributed by atoms with Crippen molar-refractivity contribution in [2.45, 2.75) is 6.42 Å². The summed E-state index contributed by atoms with van der Waals surface area (Å²) in [5, 5.41) is 3.47. The minimum absolute atomic E-state index is 0.0940. The van der Waals surface area contributed by atoms with Crippen molar-refractivity contribution in [3.63, 3.8) is 0 Å². The molecule has 0 aliphatic carbocycles. The third-order valence-corrected chi connectivity index (χ3v) is 7.15. The molecule has 0 spiro atoms. The van der Waals surface area contributed by atoms with Crippen molar-refractivity contribution in [3.05, 3.63) is 76.5 Å². The summed E-state index contributed by atoms with van der Waals surface area (Å²) in [5.74, 6) is -0.366. The summed E-state index contributed by atoms with van der Waals surface area (Å²) >= 11 is 12.5. The van der Waals surface area contributed by atoms with Crippen molar-refractivity contribution in [2.75, 3.05) is 21.9 Å². The molecule has 1 fully saturated rings. The lowest BCUT2D eigenvalue weighted by atomic mass is 10.1. The first-order valence-corrected chi connectivity index (χ1v) is 11.5. The number of rotatable bonds is 4. The van der Waals surface area contributed by atoms with Gasteiger partial charge in [-0.1, -0.05) is 29.3 Å². The van der Waals surface area contributed by atoms with E-state index in [1.54, 1.807) is 36.7 Å². The van der Waals surface area contributed by atoms with Crippen LogP contribution in [0.3, 0.4) is 0 Å². The van der Waals surface area contributed by atoms with Gasteiger partial charge < -0.3 is 5.32 Å². The van der Waals surface area contributed by atoms with Crippen LogP contribution in [-0.2, 0) is 10.0 Å². The normalized spacial score (nSPS) is 15.2. The van der Waals surface area contributed by atoms with Gasteiger partial charge in [-0.2, -0.15) is 0 Å². The van der Waals surface area contributed by atoms with Crippen LogP contribution in [0.4, 0.5) is 11.4 Å². The summed E-state index contributed by atoms with van der Waals surface area (Å²) in [5.41, 5.74) is 2.74. The molecule has 154 valence electrons. The van der Waals surface area contributed by atoms with Gasteiger partial charge in [-0.25, -0.2) is 8.42 Å². The van der Waals surface area contributed by atoms with Gasteiger partial charge in [0.2, 0.25) is 10.0 Å². The number of benzene rings is 2. The van der Waals surface area contributed by atoms with Crippen LogP contribution >= 0.6 is 23.2 Å². The van der Waals surface area contributed by atoms with Crippen molar-refractivity contribution in [3.8, 4) is 11.1 Å². The fraction of sp³-hybridized carbons (Fsp3) is 0.143. The molecule has 30 heavy (non-hydrogen) atoms. The Labute approximate surface area is 184 Å². The van der Waals surface area contributed by atoms with E-state index in [1.807, 2.05) is 12.1 Å². The second kappa shape index (κ2) is 8.26. The molecule has 1 aliphatic rings. The molecular formula is C21H17Cl2N3O3S. The molecule has 0 saturated carbocycles. The molecule has 0 bridgehead atoms. The molecule has 0 unspecified atom stereocenters. The average Bonchev–Trinajstić information content (AvgIpc) is 3.07. The lowest BCUT2D eigenvalue weighted by Crippen LogP contribution is -2.25. The van der Waals surface area contributed by atoms with E-state index < -0.39 is 15.9 Å². The van der Waals surface area contributed by atoms with Crippen molar-refractivity contribution >= 4 is 50.5 Å². The highest BCUT2D eigenvalue weighted by molar-refractivity contribution is 7.93. The molecule has 1 saturated heterocycles. The smallest absolute Gasteiger partial charge is 0.257 e. The zero-order chi connectivity index (χ0) is 21.3. The maximum Gasteiger partial charge on any atom is 0.257 e. The summed E-state index contributed by atoms with van der Waals surface area (Å²) in [6.45, 7) is 0.383. The Bertz CT molecular complexity index is 1220. The number of anilines is 2. The number of pyridine rings is 1. The van der Waals surface area contributed by atoms with E-state index in [2.05, 4.69) is 10.3 Å². The number of nitrogens with zero attached hydrogens (tertiary/aromatic N) is 2. The number of hydrogen-bond acceptors (Lipinski definition) is 4. The molecule has 3 aromatic rings. The highest BCUT2D eigenvalue weighted by Gasteiger charge is 2.29. The molecule has 1 amide bonds. The minimum atomic E-state index is -3.36. The van der Waals surface area contributed by atoms with Crippen molar-refractivity contribution < 1.29 is 13.2 Å². The molecule has 2 heterocycles.